The number of rotatable bonds is 6. The Morgan fingerprint density at radius 1 is 1.13 bits per heavy atom. The minimum absolute atomic E-state index is 0.245. The van der Waals surface area contributed by atoms with Gasteiger partial charge in [-0.05, 0) is 25.0 Å². The highest BCUT2D eigenvalue weighted by molar-refractivity contribution is 7.91. The number of carbonyl (C=O) groups excluding carboxylic acids is 1. The van der Waals surface area contributed by atoms with Crippen molar-refractivity contribution >= 4 is 51.5 Å². The summed E-state index contributed by atoms with van der Waals surface area (Å²) in [5, 5.41) is 14.8. The second-order valence-electron chi connectivity index (χ2n) is 7.85. The summed E-state index contributed by atoms with van der Waals surface area (Å²) in [4.78, 5) is 21.3. The first-order chi connectivity index (χ1) is 15.0. The summed E-state index contributed by atoms with van der Waals surface area (Å²) in [5.74, 6) is 1.96. The van der Waals surface area contributed by atoms with Crippen LogP contribution in [0.4, 0.5) is 17.2 Å². The van der Waals surface area contributed by atoms with Crippen LogP contribution in [0.2, 0.25) is 5.15 Å². The molecule has 4 N–H and O–H groups in total. The van der Waals surface area contributed by atoms with Crippen LogP contribution in [0.15, 0.2) is 30.6 Å². The first-order valence-corrected chi connectivity index (χ1v) is 12.2. The van der Waals surface area contributed by atoms with Gasteiger partial charge in [0, 0.05) is 42.9 Å². The molecule has 0 radical (unpaired) electrons. The lowest BCUT2D eigenvalue weighted by Gasteiger charge is -2.21. The molecule has 9 nitrogen and oxygen atoms in total. The fourth-order valence-electron chi connectivity index (χ4n) is 3.58. The van der Waals surface area contributed by atoms with E-state index in [1.54, 1.807) is 16.6 Å². The third-order valence-corrected chi connectivity index (χ3v) is 7.00. The average Bonchev–Trinajstić information content (AvgIpc) is 3.45. The van der Waals surface area contributed by atoms with Crippen LogP contribution < -0.4 is 16.0 Å². The van der Waals surface area contributed by atoms with Crippen molar-refractivity contribution in [1.29, 1.82) is 0 Å². The largest absolute Gasteiger partial charge is 0.379 e. The second kappa shape index (κ2) is 8.52. The van der Waals surface area contributed by atoms with Gasteiger partial charge in [0.2, 0.25) is 0 Å². The molecule has 1 saturated carbocycles. The molecule has 2 aliphatic rings. The molecule has 31 heavy (non-hydrogen) atoms. The van der Waals surface area contributed by atoms with Gasteiger partial charge in [-0.15, -0.1) is 5.10 Å². The molecule has 0 unspecified atom stereocenters. The number of pyridine rings is 1. The Balaban J connectivity index is 1.45. The molecule has 11 heteroatoms. The number of imidazole rings is 1. The van der Waals surface area contributed by atoms with E-state index in [-0.39, 0.29) is 11.9 Å². The summed E-state index contributed by atoms with van der Waals surface area (Å²) in [6, 6.07) is 5.89. The van der Waals surface area contributed by atoms with Crippen LogP contribution >= 0.6 is 11.6 Å². The van der Waals surface area contributed by atoms with Crippen molar-refractivity contribution in [3.8, 4) is 0 Å². The number of aromatic nitrogens is 4. The topological polar surface area (TPSA) is 116 Å². The Bertz CT molecular complexity index is 1110. The van der Waals surface area contributed by atoms with Crippen molar-refractivity contribution in [2.45, 2.75) is 37.8 Å². The predicted molar refractivity (Wildman–Crippen MR) is 123 cm³/mol. The maximum atomic E-state index is 12.9. The average molecular weight is 461 g/mol. The van der Waals surface area contributed by atoms with Crippen molar-refractivity contribution < 1.29 is 9.35 Å². The van der Waals surface area contributed by atoms with Crippen LogP contribution in [-0.4, -0.2) is 53.6 Å². The number of amides is 1. The van der Waals surface area contributed by atoms with Gasteiger partial charge in [-0.25, -0.2) is 14.5 Å². The maximum Gasteiger partial charge on any atom is 0.276 e. The highest BCUT2D eigenvalue weighted by Crippen LogP contribution is 2.29. The van der Waals surface area contributed by atoms with Crippen molar-refractivity contribution in [3.05, 3.63) is 41.4 Å². The monoisotopic (exact) mass is 460 g/mol. The summed E-state index contributed by atoms with van der Waals surface area (Å²) in [6.07, 6.45) is 7.09. The van der Waals surface area contributed by atoms with Crippen molar-refractivity contribution in [3.63, 3.8) is 0 Å². The maximum absolute atomic E-state index is 12.9. The summed E-state index contributed by atoms with van der Waals surface area (Å²) in [5.41, 5.74) is 2.33. The zero-order valence-corrected chi connectivity index (χ0v) is 18.3. The van der Waals surface area contributed by atoms with Crippen molar-refractivity contribution in [1.82, 2.24) is 19.6 Å². The predicted octanol–water partition coefficient (Wildman–Crippen LogP) is 3.27. The molecule has 5 rings (SSSR count). The minimum Gasteiger partial charge on any atom is -0.379 e. The normalized spacial score (nSPS) is 21.1. The van der Waals surface area contributed by atoms with E-state index in [1.165, 1.54) is 12.4 Å². The molecule has 1 saturated heterocycles. The SMILES string of the molecule is O=C(Nc1ccnc(Cl)c1)c1cnc2c(NC3CC3)cc(NC3CC[S+](O)CC3)nn12. The van der Waals surface area contributed by atoms with Gasteiger partial charge in [-0.2, -0.15) is 4.55 Å². The lowest BCUT2D eigenvalue weighted by molar-refractivity contribution is 0.102. The highest BCUT2D eigenvalue weighted by Gasteiger charge is 2.28. The van der Waals surface area contributed by atoms with Crippen LogP contribution in [0.3, 0.4) is 0 Å². The van der Waals surface area contributed by atoms with E-state index < -0.39 is 11.2 Å². The number of hydrogen-bond acceptors (Lipinski definition) is 7. The molecular weight excluding hydrogens is 438 g/mol. The fourth-order valence-corrected chi connectivity index (χ4v) is 5.07. The number of anilines is 3. The van der Waals surface area contributed by atoms with Crippen LogP contribution in [0, 0.1) is 0 Å². The first-order valence-electron chi connectivity index (χ1n) is 10.3. The third-order valence-electron chi connectivity index (χ3n) is 5.38. The lowest BCUT2D eigenvalue weighted by atomic mass is 10.1. The Morgan fingerprint density at radius 3 is 2.65 bits per heavy atom. The van der Waals surface area contributed by atoms with E-state index in [4.69, 9.17) is 11.6 Å². The molecule has 0 bridgehead atoms. The van der Waals surface area contributed by atoms with E-state index in [9.17, 15) is 9.35 Å². The molecule has 3 aromatic heterocycles. The van der Waals surface area contributed by atoms with E-state index in [1.807, 2.05) is 6.07 Å². The molecule has 1 amide bonds. The van der Waals surface area contributed by atoms with Gasteiger partial charge in [0.1, 0.15) is 33.7 Å². The molecule has 0 spiro atoms. The van der Waals surface area contributed by atoms with E-state index >= 15 is 0 Å². The van der Waals surface area contributed by atoms with Gasteiger partial charge in [-0.3, -0.25) is 4.79 Å². The number of carbonyl (C=O) groups is 1. The molecule has 3 aromatic rings. The van der Waals surface area contributed by atoms with E-state index in [0.29, 0.717) is 34.0 Å². The number of nitrogens with zero attached hydrogens (tertiary/aromatic N) is 4. The van der Waals surface area contributed by atoms with Gasteiger partial charge < -0.3 is 16.0 Å². The number of nitrogens with one attached hydrogen (secondary N) is 3. The smallest absolute Gasteiger partial charge is 0.276 e. The van der Waals surface area contributed by atoms with Crippen LogP contribution in [0.5, 0.6) is 0 Å². The molecule has 2 fully saturated rings. The molecule has 1 aliphatic heterocycles. The zero-order valence-electron chi connectivity index (χ0n) is 16.7. The number of hydrogen-bond donors (Lipinski definition) is 4. The Hall–Kier alpha value is -2.56. The highest BCUT2D eigenvalue weighted by atomic mass is 35.5. The van der Waals surface area contributed by atoms with Gasteiger partial charge in [0.05, 0.1) is 11.9 Å². The Morgan fingerprint density at radius 2 is 1.90 bits per heavy atom. The van der Waals surface area contributed by atoms with Gasteiger partial charge >= 0.3 is 0 Å². The van der Waals surface area contributed by atoms with Crippen LogP contribution in [-0.2, 0) is 11.2 Å². The van der Waals surface area contributed by atoms with E-state index in [2.05, 4.69) is 31.0 Å². The second-order valence-corrected chi connectivity index (χ2v) is 9.98. The zero-order chi connectivity index (χ0) is 21.4. The fraction of sp³-hybridized carbons (Fsp3) is 0.400. The standard InChI is InChI=1S/C20H22ClN7O2S/c21-17-9-14(3-6-22-17)26-20(29)16-11-23-19-15(24-12-1-2-12)10-18(27-28(16)19)25-13-4-7-31(30)8-5-13/h3,6,9-13,30H,1-2,4-5,7-8H2,(H2-,22,24,25,26,27,29)/p+1. The molecule has 162 valence electrons. The Kier molecular flexibility index (Phi) is 5.59. The third kappa shape index (κ3) is 4.70. The molecule has 4 heterocycles. The number of fused-ring (bicyclic) bond motifs is 1. The van der Waals surface area contributed by atoms with Gasteiger partial charge in [0.25, 0.3) is 5.91 Å². The van der Waals surface area contributed by atoms with Crippen LogP contribution in [0.1, 0.15) is 36.2 Å². The summed E-state index contributed by atoms with van der Waals surface area (Å²) >= 11 is 5.45. The van der Waals surface area contributed by atoms with Gasteiger partial charge in [0.15, 0.2) is 11.3 Å². The first kappa shape index (κ1) is 20.3. The number of halogens is 1. The summed E-state index contributed by atoms with van der Waals surface area (Å²) in [7, 11) is 0. The summed E-state index contributed by atoms with van der Waals surface area (Å²) < 4.78 is 11.4. The van der Waals surface area contributed by atoms with Crippen LogP contribution in [0.25, 0.3) is 5.65 Å². The molecular formula is C20H23ClN7O2S+. The summed E-state index contributed by atoms with van der Waals surface area (Å²) in [6.45, 7) is 0. The molecule has 0 atom stereocenters. The molecule has 0 aromatic carbocycles. The quantitative estimate of drug-likeness (QED) is 0.329. The Labute approximate surface area is 187 Å². The van der Waals surface area contributed by atoms with E-state index in [0.717, 1.165) is 42.9 Å². The minimum atomic E-state index is -0.475. The lowest BCUT2D eigenvalue weighted by Crippen LogP contribution is -2.32. The van der Waals surface area contributed by atoms with Crippen molar-refractivity contribution in [2.24, 2.45) is 0 Å². The molecule has 1 aliphatic carbocycles. The van der Waals surface area contributed by atoms with Gasteiger partial charge in [-0.1, -0.05) is 11.6 Å². The van der Waals surface area contributed by atoms with Crippen molar-refractivity contribution in [2.75, 3.05) is 27.5 Å².